The minimum Gasteiger partial charge on any atom is -0.506 e. The van der Waals surface area contributed by atoms with Crippen LogP contribution in [0.25, 0.3) is 0 Å². The zero-order valence-corrected chi connectivity index (χ0v) is 13.3. The van der Waals surface area contributed by atoms with E-state index in [0.29, 0.717) is 17.6 Å². The third-order valence-electron chi connectivity index (χ3n) is 2.53. The first-order valence-electron chi connectivity index (χ1n) is 5.54. The quantitative estimate of drug-likeness (QED) is 0.791. The van der Waals surface area contributed by atoms with Crippen LogP contribution in [0, 0.1) is 5.92 Å². The molecule has 3 heteroatoms. The lowest BCUT2D eigenvalue weighted by Gasteiger charge is -2.16. The van der Waals surface area contributed by atoms with Crippen LogP contribution in [-0.4, -0.2) is 5.11 Å². The molecule has 1 N–H and O–H groups in total. The fourth-order valence-corrected chi connectivity index (χ4v) is 3.22. The summed E-state index contributed by atoms with van der Waals surface area (Å²) in [4.78, 5) is 0. The summed E-state index contributed by atoms with van der Waals surface area (Å²) >= 11 is 6.91. The average molecular weight is 350 g/mol. The highest BCUT2D eigenvalue weighted by Gasteiger charge is 2.16. The molecule has 0 aliphatic carbocycles. The van der Waals surface area contributed by atoms with Crippen molar-refractivity contribution in [3.05, 3.63) is 26.1 Å². The SMILES string of the molecule is CC(C)Cc1cc(C(C)C)c(Br)c(O)c1Br. The summed E-state index contributed by atoms with van der Waals surface area (Å²) in [6, 6.07) is 2.18. The van der Waals surface area contributed by atoms with Crippen LogP contribution >= 0.6 is 31.9 Å². The molecule has 0 radical (unpaired) electrons. The van der Waals surface area contributed by atoms with Crippen molar-refractivity contribution in [2.75, 3.05) is 0 Å². The first-order valence-corrected chi connectivity index (χ1v) is 7.12. The Labute approximate surface area is 115 Å². The van der Waals surface area contributed by atoms with E-state index in [2.05, 4.69) is 65.6 Å². The van der Waals surface area contributed by atoms with Crippen molar-refractivity contribution in [2.45, 2.75) is 40.0 Å². The van der Waals surface area contributed by atoms with Crippen molar-refractivity contribution in [1.29, 1.82) is 0 Å². The lowest BCUT2D eigenvalue weighted by atomic mass is 9.96. The molecule has 1 rings (SSSR count). The molecule has 1 aromatic carbocycles. The number of phenols is 1. The van der Waals surface area contributed by atoms with Gasteiger partial charge in [0.05, 0.1) is 8.95 Å². The molecule has 1 aromatic rings. The first kappa shape index (κ1) is 14.0. The Hall–Kier alpha value is -0.0200. The lowest BCUT2D eigenvalue weighted by Crippen LogP contribution is -1.99. The summed E-state index contributed by atoms with van der Waals surface area (Å²) < 4.78 is 1.62. The number of aromatic hydroxyl groups is 1. The summed E-state index contributed by atoms with van der Waals surface area (Å²) in [6.07, 6.45) is 0.973. The van der Waals surface area contributed by atoms with Gasteiger partial charge in [-0.05, 0) is 61.2 Å². The van der Waals surface area contributed by atoms with E-state index in [1.54, 1.807) is 0 Å². The van der Waals surface area contributed by atoms with E-state index in [0.717, 1.165) is 20.9 Å². The smallest absolute Gasteiger partial charge is 0.144 e. The molecule has 0 atom stereocenters. The molecule has 0 spiro atoms. The highest BCUT2D eigenvalue weighted by atomic mass is 79.9. The molecule has 0 saturated heterocycles. The molecule has 0 amide bonds. The van der Waals surface area contributed by atoms with Gasteiger partial charge in [-0.25, -0.2) is 0 Å². The van der Waals surface area contributed by atoms with Gasteiger partial charge in [-0.1, -0.05) is 33.8 Å². The van der Waals surface area contributed by atoms with Gasteiger partial charge < -0.3 is 5.11 Å². The summed E-state index contributed by atoms with van der Waals surface area (Å²) in [6.45, 7) is 8.63. The van der Waals surface area contributed by atoms with E-state index < -0.39 is 0 Å². The van der Waals surface area contributed by atoms with Crippen LogP contribution < -0.4 is 0 Å². The number of hydrogen-bond acceptors (Lipinski definition) is 1. The first-order chi connectivity index (χ1) is 7.34. The molecular formula is C13H18Br2O. The zero-order valence-electron chi connectivity index (χ0n) is 10.1. The molecule has 0 saturated carbocycles. The number of phenolic OH excluding ortho intramolecular Hbond substituents is 1. The van der Waals surface area contributed by atoms with Crippen LogP contribution in [0.3, 0.4) is 0 Å². The summed E-state index contributed by atoms with van der Waals surface area (Å²) in [5.74, 6) is 1.30. The molecular weight excluding hydrogens is 332 g/mol. The zero-order chi connectivity index (χ0) is 12.5. The van der Waals surface area contributed by atoms with Crippen molar-refractivity contribution in [3.8, 4) is 5.75 Å². The molecule has 0 heterocycles. The Balaban J connectivity index is 3.29. The van der Waals surface area contributed by atoms with Crippen LogP contribution in [0.1, 0.15) is 44.7 Å². The van der Waals surface area contributed by atoms with Gasteiger partial charge in [-0.15, -0.1) is 0 Å². The predicted octanol–water partition coefficient (Wildman–Crippen LogP) is 5.24. The Morgan fingerprint density at radius 2 is 1.69 bits per heavy atom. The van der Waals surface area contributed by atoms with Gasteiger partial charge in [0.1, 0.15) is 5.75 Å². The second-order valence-corrected chi connectivity index (χ2v) is 6.44. The Morgan fingerprint density at radius 3 is 2.12 bits per heavy atom. The fraction of sp³-hybridized carbons (Fsp3) is 0.538. The molecule has 0 aliphatic heterocycles. The summed E-state index contributed by atoms with van der Waals surface area (Å²) in [5.41, 5.74) is 2.34. The van der Waals surface area contributed by atoms with Crippen molar-refractivity contribution in [2.24, 2.45) is 5.92 Å². The Morgan fingerprint density at radius 1 is 1.12 bits per heavy atom. The van der Waals surface area contributed by atoms with Crippen LogP contribution in [-0.2, 0) is 6.42 Å². The predicted molar refractivity (Wildman–Crippen MR) is 76.1 cm³/mol. The van der Waals surface area contributed by atoms with E-state index >= 15 is 0 Å². The van der Waals surface area contributed by atoms with Crippen molar-refractivity contribution in [1.82, 2.24) is 0 Å². The van der Waals surface area contributed by atoms with E-state index in [4.69, 9.17) is 0 Å². The molecule has 0 fully saturated rings. The van der Waals surface area contributed by atoms with Gasteiger partial charge in [0.15, 0.2) is 0 Å². The van der Waals surface area contributed by atoms with Gasteiger partial charge in [0, 0.05) is 0 Å². The van der Waals surface area contributed by atoms with Gasteiger partial charge in [0.2, 0.25) is 0 Å². The minimum atomic E-state index is 0.321. The van der Waals surface area contributed by atoms with Gasteiger partial charge in [-0.3, -0.25) is 0 Å². The van der Waals surface area contributed by atoms with Crippen LogP contribution in [0.2, 0.25) is 0 Å². The second-order valence-electron chi connectivity index (χ2n) is 4.85. The van der Waals surface area contributed by atoms with E-state index in [1.165, 1.54) is 5.56 Å². The summed E-state index contributed by atoms with van der Waals surface area (Å²) in [7, 11) is 0. The molecule has 0 unspecified atom stereocenters. The highest BCUT2D eigenvalue weighted by molar-refractivity contribution is 9.11. The van der Waals surface area contributed by atoms with Crippen molar-refractivity contribution < 1.29 is 5.11 Å². The maximum absolute atomic E-state index is 10.0. The van der Waals surface area contributed by atoms with Crippen LogP contribution in [0.4, 0.5) is 0 Å². The standard InChI is InChI=1S/C13H18Br2O/c1-7(2)5-9-6-10(8(3)4)12(15)13(16)11(9)14/h6-8,16H,5H2,1-4H3. The van der Waals surface area contributed by atoms with Crippen molar-refractivity contribution in [3.63, 3.8) is 0 Å². The van der Waals surface area contributed by atoms with Crippen LogP contribution in [0.15, 0.2) is 15.0 Å². The largest absolute Gasteiger partial charge is 0.506 e. The van der Waals surface area contributed by atoms with E-state index in [-0.39, 0.29) is 0 Å². The van der Waals surface area contributed by atoms with Gasteiger partial charge in [0.25, 0.3) is 0 Å². The molecule has 0 aliphatic rings. The third-order valence-corrected chi connectivity index (χ3v) is 4.25. The van der Waals surface area contributed by atoms with Gasteiger partial charge >= 0.3 is 0 Å². The second kappa shape index (κ2) is 5.54. The van der Waals surface area contributed by atoms with Crippen LogP contribution in [0.5, 0.6) is 5.75 Å². The normalized spacial score (nSPS) is 11.5. The van der Waals surface area contributed by atoms with E-state index in [1.807, 2.05) is 0 Å². The van der Waals surface area contributed by atoms with E-state index in [9.17, 15) is 5.11 Å². The molecule has 90 valence electrons. The maximum atomic E-state index is 10.0. The molecule has 0 aromatic heterocycles. The maximum Gasteiger partial charge on any atom is 0.144 e. The van der Waals surface area contributed by atoms with Gasteiger partial charge in [-0.2, -0.15) is 0 Å². The van der Waals surface area contributed by atoms with Crippen molar-refractivity contribution >= 4 is 31.9 Å². The number of halogens is 2. The Kier molecular flexibility index (Phi) is 4.87. The molecule has 1 nitrogen and oxygen atoms in total. The number of rotatable bonds is 3. The topological polar surface area (TPSA) is 20.2 Å². The third kappa shape index (κ3) is 3.01. The number of benzene rings is 1. The molecule has 0 bridgehead atoms. The molecule has 16 heavy (non-hydrogen) atoms. The highest BCUT2D eigenvalue weighted by Crippen LogP contribution is 2.41. The minimum absolute atomic E-state index is 0.321. The number of hydrogen-bond donors (Lipinski definition) is 1. The monoisotopic (exact) mass is 348 g/mol. The lowest BCUT2D eigenvalue weighted by molar-refractivity contribution is 0.465. The average Bonchev–Trinajstić information content (AvgIpc) is 2.18. The fourth-order valence-electron chi connectivity index (χ4n) is 1.71. The Bertz CT molecular complexity index is 384. The summed E-state index contributed by atoms with van der Waals surface area (Å²) in [5, 5.41) is 10.0.